The predicted octanol–water partition coefficient (Wildman–Crippen LogP) is 5.00. The van der Waals surface area contributed by atoms with E-state index in [1.807, 2.05) is 31.2 Å². The largest absolute Gasteiger partial charge is 0.394 e. The number of rotatable bonds is 10. The van der Waals surface area contributed by atoms with Gasteiger partial charge in [-0.2, -0.15) is 18.3 Å². The van der Waals surface area contributed by atoms with Crippen molar-refractivity contribution in [1.82, 2.24) is 24.9 Å². The van der Waals surface area contributed by atoms with Crippen molar-refractivity contribution >= 4 is 5.82 Å². The third-order valence-electron chi connectivity index (χ3n) is 5.61. The van der Waals surface area contributed by atoms with Crippen LogP contribution in [0.15, 0.2) is 53.4 Å². The fourth-order valence-corrected chi connectivity index (χ4v) is 3.69. The lowest BCUT2D eigenvalue weighted by Crippen LogP contribution is -2.25. The number of nitrogens with zero attached hydrogens (tertiary/aromatic N) is 5. The molecule has 0 saturated heterocycles. The summed E-state index contributed by atoms with van der Waals surface area (Å²) >= 11 is 0. The molecule has 0 aliphatic carbocycles. The normalized spacial score (nSPS) is 12.6. The Morgan fingerprint density at radius 1 is 1.17 bits per heavy atom. The van der Waals surface area contributed by atoms with Gasteiger partial charge in [-0.05, 0) is 37.0 Å². The van der Waals surface area contributed by atoms with Gasteiger partial charge >= 0.3 is 6.18 Å². The van der Waals surface area contributed by atoms with Gasteiger partial charge in [0.1, 0.15) is 17.7 Å². The fourth-order valence-electron chi connectivity index (χ4n) is 3.69. The van der Waals surface area contributed by atoms with Crippen molar-refractivity contribution in [2.45, 2.75) is 44.9 Å². The predicted molar refractivity (Wildman–Crippen MR) is 123 cm³/mol. The van der Waals surface area contributed by atoms with Crippen LogP contribution >= 0.6 is 0 Å². The SMILES string of the molecule is Cc1ccccc1Cn1nc(-c2ncc(F)c(NC(CO)CCCC(F)(F)F)n2)cc1-c1ccon1. The van der Waals surface area contributed by atoms with Crippen molar-refractivity contribution < 1.29 is 27.2 Å². The van der Waals surface area contributed by atoms with Gasteiger partial charge in [-0.25, -0.2) is 14.4 Å². The Bertz CT molecular complexity index is 1290. The summed E-state index contributed by atoms with van der Waals surface area (Å²) in [5.74, 6) is -0.939. The van der Waals surface area contributed by atoms with E-state index in [1.54, 1.807) is 16.8 Å². The molecule has 190 valence electrons. The maximum atomic E-state index is 14.4. The fraction of sp³-hybridized carbons (Fsp3) is 0.333. The monoisotopic (exact) mass is 504 g/mol. The molecule has 4 rings (SSSR count). The number of aryl methyl sites for hydroxylation is 1. The van der Waals surface area contributed by atoms with Gasteiger partial charge in [0, 0.05) is 12.5 Å². The minimum absolute atomic E-state index is 0.0177. The average Bonchev–Trinajstić information content (AvgIpc) is 3.50. The van der Waals surface area contributed by atoms with Crippen molar-refractivity contribution in [1.29, 1.82) is 0 Å². The summed E-state index contributed by atoms with van der Waals surface area (Å²) in [6.07, 6.45) is -3.14. The van der Waals surface area contributed by atoms with Crippen molar-refractivity contribution in [3.8, 4) is 22.9 Å². The zero-order chi connectivity index (χ0) is 25.7. The first kappa shape index (κ1) is 25.3. The van der Waals surface area contributed by atoms with Gasteiger partial charge in [-0.1, -0.05) is 29.4 Å². The Labute approximate surface area is 204 Å². The molecule has 1 aromatic carbocycles. The number of aliphatic hydroxyl groups is 1. The van der Waals surface area contributed by atoms with Gasteiger partial charge in [0.2, 0.25) is 0 Å². The second-order valence-electron chi connectivity index (χ2n) is 8.31. The lowest BCUT2D eigenvalue weighted by atomic mass is 10.1. The molecular weight excluding hydrogens is 480 g/mol. The molecule has 0 aliphatic heterocycles. The second kappa shape index (κ2) is 10.9. The molecule has 0 saturated carbocycles. The van der Waals surface area contributed by atoms with Gasteiger partial charge in [0.15, 0.2) is 17.5 Å². The van der Waals surface area contributed by atoms with E-state index in [4.69, 9.17) is 4.52 Å². The van der Waals surface area contributed by atoms with E-state index < -0.39 is 31.1 Å². The Kier molecular flexibility index (Phi) is 7.63. The molecule has 3 aromatic heterocycles. The molecule has 0 aliphatic rings. The number of aromatic nitrogens is 5. The van der Waals surface area contributed by atoms with Crippen molar-refractivity contribution in [2.24, 2.45) is 0 Å². The highest BCUT2D eigenvalue weighted by atomic mass is 19.4. The van der Waals surface area contributed by atoms with Crippen LogP contribution in [0, 0.1) is 12.7 Å². The Morgan fingerprint density at radius 2 is 1.97 bits per heavy atom. The van der Waals surface area contributed by atoms with Gasteiger partial charge in [-0.3, -0.25) is 4.68 Å². The number of aliphatic hydroxyl groups excluding tert-OH is 1. The minimum Gasteiger partial charge on any atom is -0.394 e. The van der Waals surface area contributed by atoms with Crippen molar-refractivity contribution in [3.05, 3.63) is 65.8 Å². The average molecular weight is 504 g/mol. The Balaban J connectivity index is 1.61. The summed E-state index contributed by atoms with van der Waals surface area (Å²) in [4.78, 5) is 8.24. The highest BCUT2D eigenvalue weighted by Gasteiger charge is 2.27. The van der Waals surface area contributed by atoms with E-state index in [2.05, 4.69) is 25.5 Å². The molecule has 0 bridgehead atoms. The Hall–Kier alpha value is -3.80. The molecule has 0 fully saturated rings. The number of nitrogens with one attached hydrogen (secondary N) is 1. The first-order chi connectivity index (χ1) is 17.2. The van der Waals surface area contributed by atoms with Crippen LogP contribution in [0.4, 0.5) is 23.4 Å². The number of halogens is 4. The molecule has 1 unspecified atom stereocenters. The Morgan fingerprint density at radius 3 is 2.67 bits per heavy atom. The van der Waals surface area contributed by atoms with Crippen LogP contribution in [0.25, 0.3) is 22.9 Å². The standard InChI is InChI=1S/C24H24F4N6O2/c1-15-5-2-3-6-16(15)13-34-21(19-8-10-36-33-19)11-20(32-34)23-29-12-18(25)22(31-23)30-17(14-35)7-4-9-24(26,27)28/h2-3,5-6,8,10-12,17,35H,4,7,9,13-14H2,1H3,(H,29,30,31). The first-order valence-electron chi connectivity index (χ1n) is 11.2. The van der Waals surface area contributed by atoms with Gasteiger partial charge < -0.3 is 14.9 Å². The minimum atomic E-state index is -4.30. The highest BCUT2D eigenvalue weighted by Crippen LogP contribution is 2.27. The van der Waals surface area contributed by atoms with E-state index >= 15 is 0 Å². The lowest BCUT2D eigenvalue weighted by Gasteiger charge is -2.17. The van der Waals surface area contributed by atoms with Crippen LogP contribution in [-0.4, -0.2) is 48.8 Å². The summed E-state index contributed by atoms with van der Waals surface area (Å²) in [5.41, 5.74) is 3.61. The zero-order valence-electron chi connectivity index (χ0n) is 19.3. The molecule has 8 nitrogen and oxygen atoms in total. The molecule has 36 heavy (non-hydrogen) atoms. The second-order valence-corrected chi connectivity index (χ2v) is 8.31. The third-order valence-corrected chi connectivity index (χ3v) is 5.61. The number of anilines is 1. The van der Waals surface area contributed by atoms with Crippen LogP contribution in [0.5, 0.6) is 0 Å². The molecule has 0 radical (unpaired) electrons. The van der Waals surface area contributed by atoms with E-state index in [0.717, 1.165) is 17.3 Å². The number of hydrogen-bond acceptors (Lipinski definition) is 7. The molecule has 12 heteroatoms. The molecule has 0 spiro atoms. The number of benzene rings is 1. The van der Waals surface area contributed by atoms with Crippen LogP contribution < -0.4 is 5.32 Å². The van der Waals surface area contributed by atoms with E-state index in [-0.39, 0.29) is 24.5 Å². The van der Waals surface area contributed by atoms with Crippen LogP contribution in [0.1, 0.15) is 30.4 Å². The molecule has 4 aromatic rings. The molecule has 3 heterocycles. The zero-order valence-corrected chi connectivity index (χ0v) is 19.3. The van der Waals surface area contributed by atoms with Crippen LogP contribution in [0.2, 0.25) is 0 Å². The van der Waals surface area contributed by atoms with Gasteiger partial charge in [0.05, 0.1) is 31.1 Å². The molecule has 1 atom stereocenters. The molecule has 2 N–H and O–H groups in total. The summed E-state index contributed by atoms with van der Waals surface area (Å²) in [6, 6.07) is 10.4. The summed E-state index contributed by atoms with van der Waals surface area (Å²) in [6.45, 7) is 1.92. The smallest absolute Gasteiger partial charge is 0.389 e. The van der Waals surface area contributed by atoms with Crippen molar-refractivity contribution in [3.63, 3.8) is 0 Å². The van der Waals surface area contributed by atoms with E-state index in [1.165, 1.54) is 6.26 Å². The topological polar surface area (TPSA) is 102 Å². The third kappa shape index (κ3) is 6.25. The summed E-state index contributed by atoms with van der Waals surface area (Å²) in [7, 11) is 0. The van der Waals surface area contributed by atoms with Gasteiger partial charge in [0.25, 0.3) is 0 Å². The number of alkyl halides is 3. The van der Waals surface area contributed by atoms with Crippen LogP contribution in [0.3, 0.4) is 0 Å². The quantitative estimate of drug-likeness (QED) is 0.293. The summed E-state index contributed by atoms with van der Waals surface area (Å²) in [5, 5.41) is 20.8. The maximum absolute atomic E-state index is 14.4. The van der Waals surface area contributed by atoms with Crippen molar-refractivity contribution in [2.75, 3.05) is 11.9 Å². The molecular formula is C24H24F4N6O2. The lowest BCUT2D eigenvalue weighted by molar-refractivity contribution is -0.135. The summed E-state index contributed by atoms with van der Waals surface area (Å²) < 4.78 is 58.5. The molecule has 0 amide bonds. The van der Waals surface area contributed by atoms with E-state index in [0.29, 0.717) is 23.6 Å². The van der Waals surface area contributed by atoms with Crippen LogP contribution in [-0.2, 0) is 6.54 Å². The maximum Gasteiger partial charge on any atom is 0.389 e. The van der Waals surface area contributed by atoms with E-state index in [9.17, 15) is 22.7 Å². The highest BCUT2D eigenvalue weighted by molar-refractivity contribution is 5.63. The first-order valence-corrected chi connectivity index (χ1v) is 11.2. The number of hydrogen-bond donors (Lipinski definition) is 2. The van der Waals surface area contributed by atoms with Gasteiger partial charge in [-0.15, -0.1) is 0 Å².